The van der Waals surface area contributed by atoms with Gasteiger partial charge >= 0.3 is 12.3 Å². The molecule has 22 heavy (non-hydrogen) atoms. The number of ether oxygens (including phenoxy) is 2. The van der Waals surface area contributed by atoms with Crippen molar-refractivity contribution in [2.45, 2.75) is 18.8 Å². The lowest BCUT2D eigenvalue weighted by Crippen LogP contribution is -2.41. The van der Waals surface area contributed by atoms with Crippen LogP contribution in [0.3, 0.4) is 0 Å². The van der Waals surface area contributed by atoms with Crippen LogP contribution in [0.1, 0.15) is 16.8 Å². The zero-order chi connectivity index (χ0) is 16.8. The summed E-state index contributed by atoms with van der Waals surface area (Å²) in [5.74, 6) is -2.43. The molecule has 6 nitrogen and oxygen atoms in total. The first-order valence-electron chi connectivity index (χ1n) is 6.11. The number of alkyl halides is 3. The first kappa shape index (κ1) is 17.8. The highest BCUT2D eigenvalue weighted by Gasteiger charge is 2.31. The van der Waals surface area contributed by atoms with E-state index in [9.17, 15) is 22.8 Å². The third-order valence-electron chi connectivity index (χ3n) is 2.56. The van der Waals surface area contributed by atoms with Gasteiger partial charge in [-0.2, -0.15) is 0 Å². The lowest BCUT2D eigenvalue weighted by atomic mass is 10.1. The SMILES string of the molecule is COCCC(NC(=O)c1ccc(OC(F)(F)F)cc1)C(=O)O. The summed E-state index contributed by atoms with van der Waals surface area (Å²) >= 11 is 0. The maximum Gasteiger partial charge on any atom is 0.573 e. The van der Waals surface area contributed by atoms with Crippen LogP contribution in [-0.4, -0.2) is 43.1 Å². The molecule has 0 heterocycles. The predicted molar refractivity (Wildman–Crippen MR) is 68.5 cm³/mol. The van der Waals surface area contributed by atoms with E-state index >= 15 is 0 Å². The highest BCUT2D eigenvalue weighted by Crippen LogP contribution is 2.22. The second-order valence-electron chi connectivity index (χ2n) is 4.22. The van der Waals surface area contributed by atoms with E-state index in [0.717, 1.165) is 24.3 Å². The van der Waals surface area contributed by atoms with Crippen LogP contribution in [0.25, 0.3) is 0 Å². The van der Waals surface area contributed by atoms with Gasteiger partial charge in [0.25, 0.3) is 5.91 Å². The van der Waals surface area contributed by atoms with Crippen molar-refractivity contribution in [1.82, 2.24) is 5.32 Å². The van der Waals surface area contributed by atoms with Gasteiger partial charge in [0.2, 0.25) is 0 Å². The van der Waals surface area contributed by atoms with Crippen molar-refractivity contribution in [3.05, 3.63) is 29.8 Å². The number of nitrogens with one attached hydrogen (secondary N) is 1. The van der Waals surface area contributed by atoms with E-state index in [1.165, 1.54) is 7.11 Å². The molecule has 1 atom stereocenters. The lowest BCUT2D eigenvalue weighted by molar-refractivity contribution is -0.274. The molecule has 0 spiro atoms. The third kappa shape index (κ3) is 6.00. The summed E-state index contributed by atoms with van der Waals surface area (Å²) < 4.78 is 44.4. The van der Waals surface area contributed by atoms with Gasteiger partial charge in [0.05, 0.1) is 0 Å². The second-order valence-corrected chi connectivity index (χ2v) is 4.22. The van der Waals surface area contributed by atoms with Gasteiger partial charge in [0, 0.05) is 25.7 Å². The van der Waals surface area contributed by atoms with Crippen LogP contribution in [0, 0.1) is 0 Å². The van der Waals surface area contributed by atoms with Gasteiger partial charge in [-0.15, -0.1) is 13.2 Å². The Morgan fingerprint density at radius 1 is 1.27 bits per heavy atom. The molecule has 0 aliphatic heterocycles. The number of benzene rings is 1. The highest BCUT2D eigenvalue weighted by molar-refractivity contribution is 5.96. The van der Waals surface area contributed by atoms with Gasteiger partial charge in [-0.05, 0) is 24.3 Å². The summed E-state index contributed by atoms with van der Waals surface area (Å²) in [5, 5.41) is 11.2. The first-order valence-corrected chi connectivity index (χ1v) is 6.11. The van der Waals surface area contributed by atoms with E-state index in [-0.39, 0.29) is 18.6 Å². The Morgan fingerprint density at radius 3 is 2.32 bits per heavy atom. The molecule has 0 aliphatic carbocycles. The van der Waals surface area contributed by atoms with Gasteiger partial charge in [-0.3, -0.25) is 4.79 Å². The van der Waals surface area contributed by atoms with E-state index in [0.29, 0.717) is 0 Å². The number of carboxylic acids is 1. The van der Waals surface area contributed by atoms with Gasteiger partial charge in [0.15, 0.2) is 0 Å². The number of aliphatic carboxylic acids is 1. The van der Waals surface area contributed by atoms with Crippen molar-refractivity contribution in [2.75, 3.05) is 13.7 Å². The maximum atomic E-state index is 12.0. The molecule has 0 fully saturated rings. The van der Waals surface area contributed by atoms with Crippen molar-refractivity contribution in [3.63, 3.8) is 0 Å². The molecule has 0 saturated heterocycles. The monoisotopic (exact) mass is 321 g/mol. The molecular weight excluding hydrogens is 307 g/mol. The highest BCUT2D eigenvalue weighted by atomic mass is 19.4. The summed E-state index contributed by atoms with van der Waals surface area (Å²) in [7, 11) is 1.39. The third-order valence-corrected chi connectivity index (χ3v) is 2.56. The topological polar surface area (TPSA) is 84.9 Å². The Morgan fingerprint density at radius 2 is 1.86 bits per heavy atom. The van der Waals surface area contributed by atoms with E-state index < -0.39 is 30.0 Å². The minimum atomic E-state index is -4.82. The molecule has 9 heteroatoms. The molecule has 1 aromatic rings. The number of hydrogen-bond acceptors (Lipinski definition) is 4. The van der Waals surface area contributed by atoms with Crippen LogP contribution >= 0.6 is 0 Å². The van der Waals surface area contributed by atoms with Crippen molar-refractivity contribution in [2.24, 2.45) is 0 Å². The number of carbonyl (C=O) groups is 2. The molecule has 122 valence electrons. The number of amides is 1. The number of rotatable bonds is 7. The van der Waals surface area contributed by atoms with Crippen molar-refractivity contribution in [1.29, 1.82) is 0 Å². The van der Waals surface area contributed by atoms with Crippen LogP contribution in [0.5, 0.6) is 5.75 Å². The Bertz CT molecular complexity index is 515. The van der Waals surface area contributed by atoms with Crippen LogP contribution < -0.4 is 10.1 Å². The summed E-state index contributed by atoms with van der Waals surface area (Å²) in [6.45, 7) is 0.135. The molecule has 0 bridgehead atoms. The number of hydrogen-bond donors (Lipinski definition) is 2. The Labute approximate surface area is 123 Å². The molecule has 2 N–H and O–H groups in total. The zero-order valence-electron chi connectivity index (χ0n) is 11.5. The summed E-state index contributed by atoms with van der Waals surface area (Å²) in [5.41, 5.74) is 0.0122. The van der Waals surface area contributed by atoms with E-state index in [4.69, 9.17) is 9.84 Å². The molecule has 0 saturated carbocycles. The number of carboxylic acid groups (broad SMARTS) is 1. The molecule has 0 aliphatic rings. The van der Waals surface area contributed by atoms with Gasteiger partial charge in [-0.25, -0.2) is 4.79 Å². The predicted octanol–water partition coefficient (Wildman–Crippen LogP) is 1.80. The van der Waals surface area contributed by atoms with E-state index in [2.05, 4.69) is 10.1 Å². The molecular formula is C13H14F3NO5. The molecule has 1 unspecified atom stereocenters. The minimum absolute atomic E-state index is 0.0122. The fourth-order valence-corrected chi connectivity index (χ4v) is 1.54. The standard InChI is InChI=1S/C13H14F3NO5/c1-21-7-6-10(12(19)20)17-11(18)8-2-4-9(5-3-8)22-13(14,15)16/h2-5,10H,6-7H2,1H3,(H,17,18)(H,19,20). The second kappa shape index (κ2) is 7.64. The number of halogens is 3. The number of carbonyl (C=O) groups excluding carboxylic acids is 1. The minimum Gasteiger partial charge on any atom is -0.480 e. The lowest BCUT2D eigenvalue weighted by Gasteiger charge is -2.14. The molecule has 1 aromatic carbocycles. The van der Waals surface area contributed by atoms with Crippen molar-refractivity contribution >= 4 is 11.9 Å². The van der Waals surface area contributed by atoms with Gasteiger partial charge in [-0.1, -0.05) is 0 Å². The van der Waals surface area contributed by atoms with E-state index in [1.54, 1.807) is 0 Å². The Balaban J connectivity index is 2.70. The van der Waals surface area contributed by atoms with Crippen molar-refractivity contribution in [3.8, 4) is 5.75 Å². The summed E-state index contributed by atoms with van der Waals surface area (Å²) in [4.78, 5) is 22.8. The average molecular weight is 321 g/mol. The summed E-state index contributed by atoms with van der Waals surface area (Å²) in [6, 6.07) is 2.98. The zero-order valence-corrected chi connectivity index (χ0v) is 11.5. The van der Waals surface area contributed by atoms with Crippen molar-refractivity contribution < 1.29 is 37.3 Å². The van der Waals surface area contributed by atoms with Crippen LogP contribution in [-0.2, 0) is 9.53 Å². The molecule has 0 aromatic heterocycles. The van der Waals surface area contributed by atoms with E-state index in [1.807, 2.05) is 0 Å². The fraction of sp³-hybridized carbons (Fsp3) is 0.385. The Kier molecular flexibility index (Phi) is 6.17. The molecule has 1 amide bonds. The largest absolute Gasteiger partial charge is 0.573 e. The molecule has 0 radical (unpaired) electrons. The quantitative estimate of drug-likeness (QED) is 0.800. The number of methoxy groups -OCH3 is 1. The maximum absolute atomic E-state index is 12.0. The Hall–Kier alpha value is -2.29. The van der Waals surface area contributed by atoms with Gasteiger partial charge in [0.1, 0.15) is 11.8 Å². The smallest absolute Gasteiger partial charge is 0.480 e. The fourth-order valence-electron chi connectivity index (χ4n) is 1.54. The van der Waals surface area contributed by atoms with Crippen LogP contribution in [0.4, 0.5) is 13.2 Å². The van der Waals surface area contributed by atoms with Crippen LogP contribution in [0.2, 0.25) is 0 Å². The average Bonchev–Trinajstić information content (AvgIpc) is 2.42. The molecule has 1 rings (SSSR count). The normalized spacial score (nSPS) is 12.5. The van der Waals surface area contributed by atoms with Gasteiger partial charge < -0.3 is 19.9 Å². The summed E-state index contributed by atoms with van der Waals surface area (Å²) in [6.07, 6.45) is -4.76. The first-order chi connectivity index (χ1) is 10.2. The van der Waals surface area contributed by atoms with Crippen LogP contribution in [0.15, 0.2) is 24.3 Å².